The summed E-state index contributed by atoms with van der Waals surface area (Å²) in [7, 11) is 0. The first-order valence-electron chi connectivity index (χ1n) is 5.16. The van der Waals surface area contributed by atoms with Gasteiger partial charge >= 0.3 is 5.97 Å². The first-order valence-corrected chi connectivity index (χ1v) is 5.16. The van der Waals surface area contributed by atoms with Crippen molar-refractivity contribution in [2.75, 3.05) is 0 Å². The van der Waals surface area contributed by atoms with Crippen molar-refractivity contribution in [2.24, 2.45) is 0 Å². The fraction of sp³-hybridized carbons (Fsp3) is 0. The summed E-state index contributed by atoms with van der Waals surface area (Å²) in [5.74, 6) is -0.894. The van der Waals surface area contributed by atoms with E-state index in [1.54, 1.807) is 12.1 Å². The summed E-state index contributed by atoms with van der Waals surface area (Å²) in [6.07, 6.45) is 0. The summed E-state index contributed by atoms with van der Waals surface area (Å²) >= 11 is 0. The minimum atomic E-state index is -0.894. The van der Waals surface area contributed by atoms with Gasteiger partial charge in [0, 0.05) is 0 Å². The van der Waals surface area contributed by atoms with Crippen LogP contribution in [0.3, 0.4) is 0 Å². The number of hydrogen-bond acceptors (Lipinski definition) is 1. The highest BCUT2D eigenvalue weighted by Crippen LogP contribution is 2.18. The van der Waals surface area contributed by atoms with E-state index in [4.69, 9.17) is 5.11 Å². The lowest BCUT2D eigenvalue weighted by atomic mass is 10.0. The number of aromatic carboxylic acids is 1. The molecule has 86 valence electrons. The zero-order chi connectivity index (χ0) is 12.7. The fourth-order valence-electron chi connectivity index (χ4n) is 1.44. The third-order valence-electron chi connectivity index (χ3n) is 2.24. The molecule has 1 N–H and O–H groups in total. The van der Waals surface area contributed by atoms with Crippen molar-refractivity contribution in [2.45, 2.75) is 0 Å². The molecule has 0 atom stereocenters. The number of rotatable bonds is 2. The Labute approximate surface area is 101 Å². The van der Waals surface area contributed by atoms with Crippen LogP contribution in [0.15, 0.2) is 67.8 Å². The number of benzene rings is 2. The molecule has 0 spiro atoms. The Morgan fingerprint density at radius 1 is 0.824 bits per heavy atom. The van der Waals surface area contributed by atoms with E-state index in [9.17, 15) is 4.79 Å². The van der Waals surface area contributed by atoms with E-state index in [0.29, 0.717) is 5.56 Å². The lowest BCUT2D eigenvalue weighted by molar-refractivity contribution is 0.0697. The Kier molecular flexibility index (Phi) is 4.70. The molecule has 0 heterocycles. The second kappa shape index (κ2) is 6.28. The van der Waals surface area contributed by atoms with Gasteiger partial charge in [-0.3, -0.25) is 0 Å². The van der Waals surface area contributed by atoms with Gasteiger partial charge in [0.25, 0.3) is 0 Å². The molecule has 17 heavy (non-hydrogen) atoms. The van der Waals surface area contributed by atoms with Crippen LogP contribution >= 0.6 is 0 Å². The summed E-state index contributed by atoms with van der Waals surface area (Å²) in [5.41, 5.74) is 2.43. The third-order valence-corrected chi connectivity index (χ3v) is 2.24. The van der Waals surface area contributed by atoms with Crippen molar-refractivity contribution in [3.05, 3.63) is 73.3 Å². The molecule has 0 bridgehead atoms. The van der Waals surface area contributed by atoms with Crippen molar-refractivity contribution in [3.63, 3.8) is 0 Å². The Morgan fingerprint density at radius 2 is 1.29 bits per heavy atom. The second-order valence-corrected chi connectivity index (χ2v) is 3.25. The van der Waals surface area contributed by atoms with Crippen LogP contribution in [0.5, 0.6) is 0 Å². The molecule has 0 aliphatic carbocycles. The van der Waals surface area contributed by atoms with Crippen LogP contribution in [-0.2, 0) is 0 Å². The Hall–Kier alpha value is -2.35. The molecule has 2 aromatic carbocycles. The maximum atomic E-state index is 10.6. The van der Waals surface area contributed by atoms with Gasteiger partial charge in [0.2, 0.25) is 0 Å². The van der Waals surface area contributed by atoms with E-state index < -0.39 is 5.97 Å². The van der Waals surface area contributed by atoms with E-state index in [-0.39, 0.29) is 0 Å². The minimum Gasteiger partial charge on any atom is -0.478 e. The van der Waals surface area contributed by atoms with Crippen molar-refractivity contribution >= 4 is 5.97 Å². The van der Waals surface area contributed by atoms with Crippen LogP contribution in [0.1, 0.15) is 10.4 Å². The Morgan fingerprint density at radius 3 is 1.76 bits per heavy atom. The number of carboxylic acids is 1. The third kappa shape index (κ3) is 3.31. The predicted molar refractivity (Wildman–Crippen MR) is 70.1 cm³/mol. The molecule has 0 radical (unpaired) electrons. The molecule has 2 aromatic rings. The van der Waals surface area contributed by atoms with Crippen molar-refractivity contribution in [3.8, 4) is 11.1 Å². The van der Waals surface area contributed by atoms with Gasteiger partial charge in [0.15, 0.2) is 0 Å². The molecule has 0 saturated carbocycles. The maximum Gasteiger partial charge on any atom is 0.335 e. The molecule has 2 heteroatoms. The Bertz CT molecular complexity index is 472. The van der Waals surface area contributed by atoms with Crippen molar-refractivity contribution in [1.82, 2.24) is 0 Å². The second-order valence-electron chi connectivity index (χ2n) is 3.25. The predicted octanol–water partition coefficient (Wildman–Crippen LogP) is 3.85. The summed E-state index contributed by atoms with van der Waals surface area (Å²) < 4.78 is 0. The first-order chi connectivity index (χ1) is 8.27. The molecule has 0 amide bonds. The largest absolute Gasteiger partial charge is 0.478 e. The zero-order valence-corrected chi connectivity index (χ0v) is 9.47. The highest BCUT2D eigenvalue weighted by molar-refractivity contribution is 5.88. The number of hydrogen-bond donors (Lipinski definition) is 1. The summed E-state index contributed by atoms with van der Waals surface area (Å²) in [6.45, 7) is 6.00. The Balaban J connectivity index is 0.000000686. The van der Waals surface area contributed by atoms with Gasteiger partial charge in [0.05, 0.1) is 5.56 Å². The lowest BCUT2D eigenvalue weighted by Crippen LogP contribution is -1.94. The van der Waals surface area contributed by atoms with Gasteiger partial charge < -0.3 is 5.11 Å². The summed E-state index contributed by atoms with van der Waals surface area (Å²) in [6, 6.07) is 16.7. The van der Waals surface area contributed by atoms with E-state index in [1.807, 2.05) is 42.5 Å². The van der Waals surface area contributed by atoms with E-state index in [2.05, 4.69) is 13.2 Å². The lowest BCUT2D eigenvalue weighted by Gasteiger charge is -2.01. The summed E-state index contributed by atoms with van der Waals surface area (Å²) in [4.78, 5) is 10.6. The van der Waals surface area contributed by atoms with Crippen LogP contribution in [-0.4, -0.2) is 11.1 Å². The smallest absolute Gasteiger partial charge is 0.335 e. The van der Waals surface area contributed by atoms with E-state index in [0.717, 1.165) is 11.1 Å². The molecule has 0 fully saturated rings. The van der Waals surface area contributed by atoms with Crippen LogP contribution in [0.25, 0.3) is 11.1 Å². The van der Waals surface area contributed by atoms with Gasteiger partial charge in [-0.1, -0.05) is 42.5 Å². The molecule has 0 aromatic heterocycles. The topological polar surface area (TPSA) is 37.3 Å². The number of carboxylic acid groups (broad SMARTS) is 1. The van der Waals surface area contributed by atoms with Crippen molar-refractivity contribution in [1.29, 1.82) is 0 Å². The molecule has 0 aliphatic heterocycles. The molecule has 2 rings (SSSR count). The fourth-order valence-corrected chi connectivity index (χ4v) is 1.44. The SMILES string of the molecule is C=C.O=C(O)c1ccc(-c2ccccc2)cc1. The van der Waals surface area contributed by atoms with Crippen molar-refractivity contribution < 1.29 is 9.90 Å². The molecule has 2 nitrogen and oxygen atoms in total. The van der Waals surface area contributed by atoms with Gasteiger partial charge in [-0.25, -0.2) is 4.79 Å². The number of carbonyl (C=O) groups is 1. The van der Waals surface area contributed by atoms with Crippen LogP contribution < -0.4 is 0 Å². The van der Waals surface area contributed by atoms with Gasteiger partial charge in [-0.15, -0.1) is 13.2 Å². The van der Waals surface area contributed by atoms with E-state index >= 15 is 0 Å². The van der Waals surface area contributed by atoms with Crippen LogP contribution in [0, 0.1) is 0 Å². The van der Waals surface area contributed by atoms with Gasteiger partial charge in [0.1, 0.15) is 0 Å². The molecular formula is C15H14O2. The van der Waals surface area contributed by atoms with Gasteiger partial charge in [-0.2, -0.15) is 0 Å². The van der Waals surface area contributed by atoms with E-state index in [1.165, 1.54) is 0 Å². The quantitative estimate of drug-likeness (QED) is 0.789. The first kappa shape index (κ1) is 12.7. The van der Waals surface area contributed by atoms with Crippen LogP contribution in [0.4, 0.5) is 0 Å². The average molecular weight is 226 g/mol. The highest BCUT2D eigenvalue weighted by atomic mass is 16.4. The molecular weight excluding hydrogens is 212 g/mol. The summed E-state index contributed by atoms with van der Waals surface area (Å²) in [5, 5.41) is 8.75. The maximum absolute atomic E-state index is 10.6. The molecule has 0 unspecified atom stereocenters. The van der Waals surface area contributed by atoms with Crippen LogP contribution in [0.2, 0.25) is 0 Å². The monoisotopic (exact) mass is 226 g/mol. The normalized spacial score (nSPS) is 8.94. The molecule has 0 aliphatic rings. The van der Waals surface area contributed by atoms with Gasteiger partial charge in [-0.05, 0) is 23.3 Å². The minimum absolute atomic E-state index is 0.315. The average Bonchev–Trinajstić information content (AvgIpc) is 2.42. The highest BCUT2D eigenvalue weighted by Gasteiger charge is 2.02. The molecule has 0 saturated heterocycles. The zero-order valence-electron chi connectivity index (χ0n) is 9.47. The standard InChI is InChI=1S/C13H10O2.C2H4/c14-13(15)12-8-6-11(7-9-12)10-4-2-1-3-5-10;1-2/h1-9H,(H,14,15);1-2H2.